The summed E-state index contributed by atoms with van der Waals surface area (Å²) in [4.78, 5) is 4.14. The van der Waals surface area contributed by atoms with Gasteiger partial charge < -0.3 is 11.1 Å². The second-order valence-corrected chi connectivity index (χ2v) is 4.21. The van der Waals surface area contributed by atoms with Crippen molar-refractivity contribution in [2.45, 2.75) is 13.1 Å². The van der Waals surface area contributed by atoms with Crippen LogP contribution in [-0.4, -0.2) is 4.98 Å². The zero-order valence-electron chi connectivity index (χ0n) is 9.36. The molecule has 0 aliphatic rings. The third kappa shape index (κ3) is 3.44. The fraction of sp³-hybridized carbons (Fsp3) is 0.154. The molecule has 0 radical (unpaired) electrons. The highest BCUT2D eigenvalue weighted by Crippen LogP contribution is 2.15. The first-order valence-electron chi connectivity index (χ1n) is 5.40. The Labute approximate surface area is 106 Å². The number of aromatic nitrogens is 1. The van der Waals surface area contributed by atoms with Gasteiger partial charge in [0.15, 0.2) is 0 Å². The smallest absolute Gasteiger partial charge is 0.0426 e. The molecule has 0 unspecified atom stereocenters. The quantitative estimate of drug-likeness (QED) is 0.874. The van der Waals surface area contributed by atoms with Crippen LogP contribution in [0.5, 0.6) is 0 Å². The zero-order valence-corrected chi connectivity index (χ0v) is 10.1. The van der Waals surface area contributed by atoms with Crippen LogP contribution in [0.15, 0.2) is 42.7 Å². The minimum absolute atomic E-state index is 0.512. The van der Waals surface area contributed by atoms with Crippen molar-refractivity contribution in [3.8, 4) is 0 Å². The third-order valence-corrected chi connectivity index (χ3v) is 2.64. The summed E-state index contributed by atoms with van der Waals surface area (Å²) in [6.07, 6.45) is 3.61. The minimum Gasteiger partial charge on any atom is -0.381 e. The molecule has 0 amide bonds. The molecule has 0 spiro atoms. The molecule has 17 heavy (non-hydrogen) atoms. The average molecular weight is 248 g/mol. The SMILES string of the molecule is NCc1cncc(CNc2cccc(Cl)c2)c1. The number of hydrogen-bond acceptors (Lipinski definition) is 3. The van der Waals surface area contributed by atoms with Gasteiger partial charge in [-0.1, -0.05) is 17.7 Å². The molecular weight excluding hydrogens is 234 g/mol. The van der Waals surface area contributed by atoms with E-state index >= 15 is 0 Å². The van der Waals surface area contributed by atoms with Gasteiger partial charge >= 0.3 is 0 Å². The predicted molar refractivity (Wildman–Crippen MR) is 70.9 cm³/mol. The van der Waals surface area contributed by atoms with Crippen molar-refractivity contribution < 1.29 is 0 Å². The van der Waals surface area contributed by atoms with Gasteiger partial charge in [-0.25, -0.2) is 0 Å². The lowest BCUT2D eigenvalue weighted by Crippen LogP contribution is -2.02. The van der Waals surface area contributed by atoms with E-state index in [4.69, 9.17) is 17.3 Å². The van der Waals surface area contributed by atoms with Crippen molar-refractivity contribution in [2.75, 3.05) is 5.32 Å². The van der Waals surface area contributed by atoms with E-state index in [1.807, 2.05) is 36.5 Å². The topological polar surface area (TPSA) is 50.9 Å². The van der Waals surface area contributed by atoms with Crippen molar-refractivity contribution in [3.05, 3.63) is 58.9 Å². The number of halogens is 1. The summed E-state index contributed by atoms with van der Waals surface area (Å²) in [5.74, 6) is 0. The molecule has 0 atom stereocenters. The lowest BCUT2D eigenvalue weighted by molar-refractivity contribution is 1.02. The van der Waals surface area contributed by atoms with Crippen molar-refractivity contribution in [3.63, 3.8) is 0 Å². The first-order valence-corrected chi connectivity index (χ1v) is 5.78. The molecule has 3 nitrogen and oxygen atoms in total. The fourth-order valence-corrected chi connectivity index (χ4v) is 1.74. The van der Waals surface area contributed by atoms with Crippen LogP contribution in [0.3, 0.4) is 0 Å². The largest absolute Gasteiger partial charge is 0.381 e. The molecule has 1 aromatic carbocycles. The van der Waals surface area contributed by atoms with Gasteiger partial charge in [0.1, 0.15) is 0 Å². The Morgan fingerprint density at radius 3 is 2.76 bits per heavy atom. The molecule has 0 saturated heterocycles. The number of pyridine rings is 1. The molecule has 88 valence electrons. The van der Waals surface area contributed by atoms with E-state index in [2.05, 4.69) is 10.3 Å². The number of nitrogens with zero attached hydrogens (tertiary/aromatic N) is 1. The van der Waals surface area contributed by atoms with Gasteiger partial charge in [0, 0.05) is 36.2 Å². The summed E-state index contributed by atoms with van der Waals surface area (Å²) >= 11 is 5.91. The van der Waals surface area contributed by atoms with E-state index in [0.717, 1.165) is 21.8 Å². The summed E-state index contributed by atoms with van der Waals surface area (Å²) in [7, 11) is 0. The van der Waals surface area contributed by atoms with Gasteiger partial charge in [-0.05, 0) is 35.4 Å². The highest BCUT2D eigenvalue weighted by Gasteiger charge is 1.97. The van der Waals surface area contributed by atoms with E-state index in [0.29, 0.717) is 13.1 Å². The van der Waals surface area contributed by atoms with E-state index < -0.39 is 0 Å². The number of benzene rings is 1. The van der Waals surface area contributed by atoms with Crippen LogP contribution in [0.25, 0.3) is 0 Å². The molecule has 1 aromatic heterocycles. The Kier molecular flexibility index (Phi) is 3.96. The van der Waals surface area contributed by atoms with Crippen molar-refractivity contribution >= 4 is 17.3 Å². The number of anilines is 1. The Morgan fingerprint density at radius 1 is 1.18 bits per heavy atom. The second-order valence-electron chi connectivity index (χ2n) is 3.77. The van der Waals surface area contributed by atoms with E-state index in [-0.39, 0.29) is 0 Å². The number of nitrogens with two attached hydrogens (primary N) is 1. The Morgan fingerprint density at radius 2 is 2.00 bits per heavy atom. The molecule has 0 aliphatic heterocycles. The molecule has 3 N–H and O–H groups in total. The fourth-order valence-electron chi connectivity index (χ4n) is 1.55. The summed E-state index contributed by atoms with van der Waals surface area (Å²) < 4.78 is 0. The van der Waals surface area contributed by atoms with Crippen molar-refractivity contribution in [2.24, 2.45) is 5.73 Å². The van der Waals surface area contributed by atoms with Gasteiger partial charge in [-0.3, -0.25) is 4.98 Å². The Balaban J connectivity index is 2.02. The van der Waals surface area contributed by atoms with Gasteiger partial charge in [0.05, 0.1) is 0 Å². The first-order chi connectivity index (χ1) is 8.28. The van der Waals surface area contributed by atoms with Crippen molar-refractivity contribution in [1.82, 2.24) is 4.98 Å². The third-order valence-electron chi connectivity index (χ3n) is 2.41. The summed E-state index contributed by atoms with van der Waals surface area (Å²) in [6, 6.07) is 9.68. The predicted octanol–water partition coefficient (Wildman–Crippen LogP) is 2.81. The van der Waals surface area contributed by atoms with Crippen LogP contribution in [-0.2, 0) is 13.1 Å². The molecule has 2 rings (SSSR count). The first kappa shape index (κ1) is 11.9. The van der Waals surface area contributed by atoms with Gasteiger partial charge in [-0.15, -0.1) is 0 Å². The van der Waals surface area contributed by atoms with Gasteiger partial charge in [0.25, 0.3) is 0 Å². The normalized spacial score (nSPS) is 10.2. The molecule has 1 heterocycles. The number of nitrogens with one attached hydrogen (secondary N) is 1. The Bertz CT molecular complexity index is 500. The van der Waals surface area contributed by atoms with Gasteiger partial charge in [0.2, 0.25) is 0 Å². The van der Waals surface area contributed by atoms with E-state index in [1.165, 1.54) is 0 Å². The van der Waals surface area contributed by atoms with E-state index in [9.17, 15) is 0 Å². The summed E-state index contributed by atoms with van der Waals surface area (Å²) in [5, 5.41) is 4.01. The van der Waals surface area contributed by atoms with Crippen LogP contribution in [0, 0.1) is 0 Å². The van der Waals surface area contributed by atoms with Crippen LogP contribution in [0.4, 0.5) is 5.69 Å². The van der Waals surface area contributed by atoms with Crippen LogP contribution in [0.1, 0.15) is 11.1 Å². The van der Waals surface area contributed by atoms with Crippen LogP contribution in [0.2, 0.25) is 5.02 Å². The second kappa shape index (κ2) is 5.66. The Hall–Kier alpha value is -1.58. The number of rotatable bonds is 4. The monoisotopic (exact) mass is 247 g/mol. The minimum atomic E-state index is 0.512. The van der Waals surface area contributed by atoms with Crippen LogP contribution < -0.4 is 11.1 Å². The average Bonchev–Trinajstić information content (AvgIpc) is 2.37. The highest BCUT2D eigenvalue weighted by molar-refractivity contribution is 6.30. The maximum absolute atomic E-state index is 5.91. The lowest BCUT2D eigenvalue weighted by Gasteiger charge is -2.07. The maximum Gasteiger partial charge on any atom is 0.0426 e. The molecule has 0 saturated carbocycles. The summed E-state index contributed by atoms with van der Waals surface area (Å²) in [6.45, 7) is 1.22. The van der Waals surface area contributed by atoms with Crippen LogP contribution >= 0.6 is 11.6 Å². The standard InChI is InChI=1S/C13H14ClN3/c14-12-2-1-3-13(5-12)17-9-11-4-10(6-15)7-16-8-11/h1-5,7-8,17H,6,9,15H2. The van der Waals surface area contributed by atoms with E-state index in [1.54, 1.807) is 6.20 Å². The van der Waals surface area contributed by atoms with Gasteiger partial charge in [-0.2, -0.15) is 0 Å². The summed E-state index contributed by atoms with van der Waals surface area (Å²) in [5.41, 5.74) is 8.71. The number of hydrogen-bond donors (Lipinski definition) is 2. The highest BCUT2D eigenvalue weighted by atomic mass is 35.5. The molecule has 0 bridgehead atoms. The molecule has 0 fully saturated rings. The molecular formula is C13H14ClN3. The van der Waals surface area contributed by atoms with Crippen molar-refractivity contribution in [1.29, 1.82) is 0 Å². The molecule has 4 heteroatoms. The maximum atomic E-state index is 5.91. The molecule has 0 aliphatic carbocycles. The molecule has 2 aromatic rings. The lowest BCUT2D eigenvalue weighted by atomic mass is 10.2. The zero-order chi connectivity index (χ0) is 12.1.